The normalized spacial score (nSPS) is 39.8. The highest BCUT2D eigenvalue weighted by Gasteiger charge is 2.64. The fraction of sp³-hybridized carbons (Fsp3) is 0.375. The molecule has 4 aliphatic rings. The van der Waals surface area contributed by atoms with E-state index in [2.05, 4.69) is 9.44 Å². The summed E-state index contributed by atoms with van der Waals surface area (Å²) in [5, 5.41) is 4.01. The molecule has 0 radical (unpaired) electrons. The minimum Gasteiger partial charge on any atom is -0.294 e. The van der Waals surface area contributed by atoms with Crippen molar-refractivity contribution in [1.29, 1.82) is 0 Å². The van der Waals surface area contributed by atoms with Crippen LogP contribution in [-0.2, 0) is 0 Å². The molecule has 0 spiro atoms. The van der Waals surface area contributed by atoms with Gasteiger partial charge in [0.25, 0.3) is 0 Å². The molecule has 6 unspecified atom stereocenters. The maximum absolute atomic E-state index is 13.0. The van der Waals surface area contributed by atoms with E-state index in [-0.39, 0.29) is 47.3 Å². The first-order valence-electron chi connectivity index (χ1n) is 7.67. The van der Waals surface area contributed by atoms with Crippen molar-refractivity contribution >= 4 is 46.4 Å². The number of carbonyl (C=O) groups is 2. The number of hydrogen-bond donors (Lipinski definition) is 2. The smallest absolute Gasteiger partial charge is 0.168 e. The predicted molar refractivity (Wildman–Crippen MR) is 91.2 cm³/mol. The van der Waals surface area contributed by atoms with Crippen LogP contribution in [-0.4, -0.2) is 23.7 Å². The Kier molecular flexibility index (Phi) is 2.51. The molecule has 6 atom stereocenters. The largest absolute Gasteiger partial charge is 0.294 e. The van der Waals surface area contributed by atoms with Crippen LogP contribution in [0.4, 0.5) is 0 Å². The molecular formula is C16H12N2O2S3. The van der Waals surface area contributed by atoms with Crippen LogP contribution in [0.25, 0.3) is 0 Å². The molecule has 0 aromatic carbocycles. The second kappa shape index (κ2) is 4.34. The first kappa shape index (κ1) is 13.3. The van der Waals surface area contributed by atoms with Crippen molar-refractivity contribution in [2.24, 2.45) is 11.8 Å². The lowest BCUT2D eigenvalue weighted by molar-refractivity contribution is 0.0653. The molecule has 1 aliphatic heterocycles. The third-order valence-electron chi connectivity index (χ3n) is 5.84. The van der Waals surface area contributed by atoms with Gasteiger partial charge >= 0.3 is 0 Å². The average Bonchev–Trinajstić information content (AvgIpc) is 3.31. The number of nitrogens with one attached hydrogen (secondary N) is 2. The summed E-state index contributed by atoms with van der Waals surface area (Å²) in [6.45, 7) is 0. The van der Waals surface area contributed by atoms with Crippen LogP contribution in [0, 0.1) is 11.8 Å². The number of ketones is 2. The molecule has 2 N–H and O–H groups in total. The minimum absolute atomic E-state index is 0.129. The van der Waals surface area contributed by atoms with Gasteiger partial charge in [0.2, 0.25) is 0 Å². The number of rotatable bonds is 0. The van der Waals surface area contributed by atoms with E-state index in [4.69, 9.17) is 0 Å². The highest BCUT2D eigenvalue weighted by atomic mass is 32.2. The van der Waals surface area contributed by atoms with E-state index in [1.54, 1.807) is 22.7 Å². The zero-order valence-electron chi connectivity index (χ0n) is 11.8. The van der Waals surface area contributed by atoms with E-state index in [9.17, 15) is 9.59 Å². The molecule has 1 saturated carbocycles. The Hall–Kier alpha value is -0.990. The summed E-state index contributed by atoms with van der Waals surface area (Å²) in [4.78, 5) is 28.4. The van der Waals surface area contributed by atoms with Gasteiger partial charge in [-0.05, 0) is 22.9 Å². The summed E-state index contributed by atoms with van der Waals surface area (Å²) in [7, 11) is 0. The molecule has 4 nitrogen and oxygen atoms in total. The summed E-state index contributed by atoms with van der Waals surface area (Å²) >= 11 is 4.85. The minimum atomic E-state index is -0.191. The van der Waals surface area contributed by atoms with Crippen molar-refractivity contribution in [1.82, 2.24) is 9.44 Å². The molecule has 2 aromatic rings. The Morgan fingerprint density at radius 2 is 1.22 bits per heavy atom. The Morgan fingerprint density at radius 3 is 1.70 bits per heavy atom. The van der Waals surface area contributed by atoms with Gasteiger partial charge in [0, 0.05) is 68.8 Å². The van der Waals surface area contributed by atoms with Gasteiger partial charge in [0.1, 0.15) is 0 Å². The highest BCUT2D eigenvalue weighted by Crippen LogP contribution is 2.60. The predicted octanol–water partition coefficient (Wildman–Crippen LogP) is 2.81. The van der Waals surface area contributed by atoms with Crippen LogP contribution in [0.3, 0.4) is 0 Å². The van der Waals surface area contributed by atoms with Gasteiger partial charge in [-0.3, -0.25) is 9.59 Å². The monoisotopic (exact) mass is 360 g/mol. The molecule has 3 aliphatic carbocycles. The first-order valence-corrected chi connectivity index (χ1v) is 10.2. The molecule has 23 heavy (non-hydrogen) atoms. The standard InChI is InChI=1S/C16H12N2O2S3/c19-13-5-1-3-21-15(5)9-7(13)8-10(12-11(9)17-23-18-12)16-6(14(8)20)2-4-22-16/h1-4,7-12,17-18H. The van der Waals surface area contributed by atoms with Gasteiger partial charge in [-0.15, -0.1) is 22.7 Å². The zero-order chi connectivity index (χ0) is 15.3. The number of hydrogen-bond acceptors (Lipinski definition) is 7. The lowest BCUT2D eigenvalue weighted by Crippen LogP contribution is -2.53. The fourth-order valence-corrected chi connectivity index (χ4v) is 8.15. The van der Waals surface area contributed by atoms with Crippen molar-refractivity contribution in [2.75, 3.05) is 0 Å². The second-order valence-corrected chi connectivity index (χ2v) is 9.19. The lowest BCUT2D eigenvalue weighted by atomic mass is 9.64. The van der Waals surface area contributed by atoms with E-state index in [1.807, 2.05) is 22.9 Å². The molecule has 0 amide bonds. The zero-order valence-corrected chi connectivity index (χ0v) is 14.3. The lowest BCUT2D eigenvalue weighted by Gasteiger charge is -2.42. The number of thiophene rings is 2. The van der Waals surface area contributed by atoms with E-state index >= 15 is 0 Å². The summed E-state index contributed by atoms with van der Waals surface area (Å²) in [5.41, 5.74) is 1.71. The van der Waals surface area contributed by atoms with Crippen molar-refractivity contribution in [3.63, 3.8) is 0 Å². The van der Waals surface area contributed by atoms with E-state index < -0.39 is 0 Å². The van der Waals surface area contributed by atoms with Crippen LogP contribution >= 0.6 is 34.8 Å². The molecule has 7 heteroatoms. The number of Topliss-reactive ketones (excluding diaryl/α,β-unsaturated/α-hetero) is 2. The second-order valence-electron chi connectivity index (χ2n) is 6.62. The van der Waals surface area contributed by atoms with Crippen LogP contribution in [0.15, 0.2) is 22.9 Å². The van der Waals surface area contributed by atoms with Crippen LogP contribution in [0.5, 0.6) is 0 Å². The van der Waals surface area contributed by atoms with Crippen molar-refractivity contribution in [3.8, 4) is 0 Å². The maximum atomic E-state index is 13.0. The summed E-state index contributed by atoms with van der Waals surface area (Å²) in [5.74, 6) is 0.241. The molecule has 0 bridgehead atoms. The van der Waals surface area contributed by atoms with E-state index in [1.165, 1.54) is 21.9 Å². The number of fused-ring (bicyclic) bond motifs is 10. The molecule has 2 aromatic heterocycles. The highest BCUT2D eigenvalue weighted by molar-refractivity contribution is 7.95. The van der Waals surface area contributed by atoms with Crippen molar-refractivity contribution in [2.45, 2.75) is 23.9 Å². The third kappa shape index (κ3) is 1.42. The van der Waals surface area contributed by atoms with Gasteiger partial charge < -0.3 is 0 Å². The van der Waals surface area contributed by atoms with E-state index in [0.717, 1.165) is 11.1 Å². The molecule has 1 saturated heterocycles. The Labute approximate surface area is 144 Å². The molecule has 3 heterocycles. The van der Waals surface area contributed by atoms with Crippen molar-refractivity contribution < 1.29 is 9.59 Å². The topological polar surface area (TPSA) is 58.2 Å². The van der Waals surface area contributed by atoms with E-state index in [0.29, 0.717) is 0 Å². The molecule has 2 fully saturated rings. The summed E-state index contributed by atoms with van der Waals surface area (Å²) in [6.07, 6.45) is 0. The Bertz CT molecular complexity index is 802. The number of carbonyl (C=O) groups excluding carboxylic acids is 2. The van der Waals surface area contributed by atoms with Crippen LogP contribution < -0.4 is 9.44 Å². The van der Waals surface area contributed by atoms with Gasteiger partial charge in [-0.2, -0.15) is 0 Å². The molecule has 116 valence electrons. The van der Waals surface area contributed by atoms with Crippen LogP contribution in [0.1, 0.15) is 42.3 Å². The Balaban J connectivity index is 1.59. The van der Waals surface area contributed by atoms with Crippen molar-refractivity contribution in [3.05, 3.63) is 43.8 Å². The van der Waals surface area contributed by atoms with Gasteiger partial charge in [0.05, 0.1) is 0 Å². The van der Waals surface area contributed by atoms with Crippen LogP contribution in [0.2, 0.25) is 0 Å². The molecule has 6 rings (SSSR count). The Morgan fingerprint density at radius 1 is 0.739 bits per heavy atom. The quantitative estimate of drug-likeness (QED) is 0.708. The SMILES string of the molecule is O=C1c2ccsc2C2C3NSNC3C3c4sccc4C(=O)C3C12. The third-order valence-corrected chi connectivity index (χ3v) is 8.66. The van der Waals surface area contributed by atoms with Gasteiger partial charge in [-0.25, -0.2) is 9.44 Å². The summed E-state index contributed by atoms with van der Waals surface area (Å²) < 4.78 is 6.97. The fourth-order valence-electron chi connectivity index (χ4n) is 5.03. The summed E-state index contributed by atoms with van der Waals surface area (Å²) in [6, 6.07) is 4.29. The average molecular weight is 360 g/mol. The van der Waals surface area contributed by atoms with Gasteiger partial charge in [-0.1, -0.05) is 0 Å². The molecular weight excluding hydrogens is 348 g/mol. The maximum Gasteiger partial charge on any atom is 0.168 e. The van der Waals surface area contributed by atoms with Gasteiger partial charge in [0.15, 0.2) is 11.6 Å². The first-order chi connectivity index (χ1) is 11.3.